The summed E-state index contributed by atoms with van der Waals surface area (Å²) < 4.78 is 5.82. The fourth-order valence-corrected chi connectivity index (χ4v) is 3.42. The molecule has 0 radical (unpaired) electrons. The van der Waals surface area contributed by atoms with Gasteiger partial charge in [-0.05, 0) is 50.2 Å². The number of fused-ring (bicyclic) bond motifs is 1. The van der Waals surface area contributed by atoms with Gasteiger partial charge in [0.2, 0.25) is 11.8 Å². The van der Waals surface area contributed by atoms with Crippen molar-refractivity contribution in [2.24, 2.45) is 0 Å². The van der Waals surface area contributed by atoms with Crippen molar-refractivity contribution in [2.45, 2.75) is 38.1 Å². The van der Waals surface area contributed by atoms with Gasteiger partial charge in [0.25, 0.3) is 0 Å². The Bertz CT molecular complexity index is 534. The van der Waals surface area contributed by atoms with E-state index in [0.717, 1.165) is 12.3 Å². The number of rotatable bonds is 3. The van der Waals surface area contributed by atoms with Crippen LogP contribution in [0.4, 0.5) is 0 Å². The molecular weight excluding hydrogens is 246 g/mol. The van der Waals surface area contributed by atoms with Crippen molar-refractivity contribution < 1.29 is 4.42 Å². The van der Waals surface area contributed by atoms with Gasteiger partial charge in [-0.1, -0.05) is 0 Å². The van der Waals surface area contributed by atoms with E-state index < -0.39 is 0 Å². The Kier molecular flexibility index (Phi) is 3.18. The van der Waals surface area contributed by atoms with E-state index in [1.165, 1.54) is 23.3 Å². The lowest BCUT2D eigenvalue weighted by Gasteiger charge is -2.19. The molecule has 2 unspecified atom stereocenters. The number of aromatic nitrogens is 2. The number of hydrogen-bond acceptors (Lipinski definition) is 5. The normalized spacial score (nSPS) is 20.7. The van der Waals surface area contributed by atoms with Crippen LogP contribution in [0, 0.1) is 0 Å². The molecule has 0 aliphatic heterocycles. The molecule has 18 heavy (non-hydrogen) atoms. The lowest BCUT2D eigenvalue weighted by Crippen LogP contribution is -2.12. The summed E-state index contributed by atoms with van der Waals surface area (Å²) in [6, 6.07) is 2.31. The molecule has 5 heteroatoms. The van der Waals surface area contributed by atoms with Gasteiger partial charge >= 0.3 is 0 Å². The van der Waals surface area contributed by atoms with E-state index in [9.17, 15) is 0 Å². The standard InChI is InChI=1S/C13H17N3OS/c1-8(14-2)12-15-16-13(17-12)10-4-3-5-11-9(10)6-7-18-11/h6-8,10,14H,3-5H2,1-2H3. The Hall–Kier alpha value is -1.20. The van der Waals surface area contributed by atoms with E-state index in [2.05, 4.69) is 27.0 Å². The zero-order chi connectivity index (χ0) is 12.5. The van der Waals surface area contributed by atoms with Gasteiger partial charge in [-0.25, -0.2) is 0 Å². The molecule has 2 aromatic heterocycles. The zero-order valence-electron chi connectivity index (χ0n) is 10.6. The van der Waals surface area contributed by atoms with Crippen LogP contribution in [0.3, 0.4) is 0 Å². The molecule has 1 aliphatic rings. The molecule has 96 valence electrons. The van der Waals surface area contributed by atoms with Crippen molar-refractivity contribution in [3.63, 3.8) is 0 Å². The summed E-state index contributed by atoms with van der Waals surface area (Å²) >= 11 is 1.84. The topological polar surface area (TPSA) is 51.0 Å². The van der Waals surface area contributed by atoms with Crippen LogP contribution >= 0.6 is 11.3 Å². The smallest absolute Gasteiger partial charge is 0.233 e. The third-order valence-electron chi connectivity index (χ3n) is 3.61. The summed E-state index contributed by atoms with van der Waals surface area (Å²) in [7, 11) is 1.89. The summed E-state index contributed by atoms with van der Waals surface area (Å²) in [4.78, 5) is 1.48. The third kappa shape index (κ3) is 1.97. The molecule has 0 saturated carbocycles. The van der Waals surface area contributed by atoms with Crippen molar-refractivity contribution in [1.29, 1.82) is 0 Å². The minimum Gasteiger partial charge on any atom is -0.423 e. The first-order valence-electron chi connectivity index (χ1n) is 6.36. The largest absolute Gasteiger partial charge is 0.423 e. The second kappa shape index (κ2) is 4.82. The lowest BCUT2D eigenvalue weighted by atomic mass is 9.88. The number of hydrogen-bond donors (Lipinski definition) is 1. The second-order valence-electron chi connectivity index (χ2n) is 4.73. The molecule has 0 fully saturated rings. The van der Waals surface area contributed by atoms with E-state index in [0.29, 0.717) is 11.8 Å². The van der Waals surface area contributed by atoms with Crippen LogP contribution in [0.2, 0.25) is 0 Å². The third-order valence-corrected chi connectivity index (χ3v) is 4.61. The average Bonchev–Trinajstić information content (AvgIpc) is 3.05. The Morgan fingerprint density at radius 3 is 3.22 bits per heavy atom. The number of thiophene rings is 1. The molecular formula is C13H17N3OS. The van der Waals surface area contributed by atoms with Crippen LogP contribution < -0.4 is 5.32 Å². The summed E-state index contributed by atoms with van der Waals surface area (Å²) in [5.74, 6) is 1.74. The highest BCUT2D eigenvalue weighted by atomic mass is 32.1. The van der Waals surface area contributed by atoms with Crippen molar-refractivity contribution in [3.8, 4) is 0 Å². The van der Waals surface area contributed by atoms with E-state index in [1.807, 2.05) is 25.3 Å². The maximum atomic E-state index is 5.82. The quantitative estimate of drug-likeness (QED) is 0.925. The molecule has 1 aliphatic carbocycles. The maximum Gasteiger partial charge on any atom is 0.233 e. The Balaban J connectivity index is 1.90. The predicted molar refractivity (Wildman–Crippen MR) is 70.9 cm³/mol. The van der Waals surface area contributed by atoms with E-state index in [4.69, 9.17) is 4.42 Å². The van der Waals surface area contributed by atoms with Gasteiger partial charge in [0.15, 0.2) is 0 Å². The van der Waals surface area contributed by atoms with Crippen molar-refractivity contribution in [3.05, 3.63) is 33.7 Å². The molecule has 0 bridgehead atoms. The van der Waals surface area contributed by atoms with Crippen molar-refractivity contribution in [2.75, 3.05) is 7.05 Å². The summed E-state index contributed by atoms with van der Waals surface area (Å²) in [5.41, 5.74) is 1.39. The van der Waals surface area contributed by atoms with Gasteiger partial charge in [-0.3, -0.25) is 0 Å². The van der Waals surface area contributed by atoms with Crippen LogP contribution in [0.15, 0.2) is 15.9 Å². The number of aryl methyl sites for hydroxylation is 1. The zero-order valence-corrected chi connectivity index (χ0v) is 11.5. The molecule has 0 amide bonds. The molecule has 3 rings (SSSR count). The Morgan fingerprint density at radius 2 is 2.39 bits per heavy atom. The second-order valence-corrected chi connectivity index (χ2v) is 5.73. The van der Waals surface area contributed by atoms with Gasteiger partial charge in [0, 0.05) is 4.88 Å². The maximum absolute atomic E-state index is 5.82. The highest BCUT2D eigenvalue weighted by Gasteiger charge is 2.27. The Morgan fingerprint density at radius 1 is 1.50 bits per heavy atom. The number of nitrogens with one attached hydrogen (secondary N) is 1. The number of nitrogens with zero attached hydrogens (tertiary/aromatic N) is 2. The van der Waals surface area contributed by atoms with E-state index in [1.54, 1.807) is 0 Å². The van der Waals surface area contributed by atoms with Crippen LogP contribution in [0.5, 0.6) is 0 Å². The highest BCUT2D eigenvalue weighted by Crippen LogP contribution is 2.38. The van der Waals surface area contributed by atoms with Crippen LogP contribution in [0.1, 0.15) is 53.9 Å². The molecule has 2 heterocycles. The molecule has 1 N–H and O–H groups in total. The van der Waals surface area contributed by atoms with Gasteiger partial charge in [0.05, 0.1) is 12.0 Å². The highest BCUT2D eigenvalue weighted by molar-refractivity contribution is 7.10. The molecule has 0 saturated heterocycles. The Labute approximate surface area is 110 Å². The summed E-state index contributed by atoms with van der Waals surface area (Å²) in [6.07, 6.45) is 3.51. The van der Waals surface area contributed by atoms with Gasteiger partial charge in [-0.2, -0.15) is 0 Å². The SMILES string of the molecule is CNC(C)c1nnc(C2CCCc3sccc32)o1. The van der Waals surface area contributed by atoms with Crippen molar-refractivity contribution in [1.82, 2.24) is 15.5 Å². The predicted octanol–water partition coefficient (Wildman–Crippen LogP) is 2.88. The fraction of sp³-hybridized carbons (Fsp3) is 0.538. The molecule has 4 nitrogen and oxygen atoms in total. The minimum atomic E-state index is 0.108. The van der Waals surface area contributed by atoms with Crippen LogP contribution in [0.25, 0.3) is 0 Å². The van der Waals surface area contributed by atoms with Gasteiger partial charge in [-0.15, -0.1) is 21.5 Å². The first-order chi connectivity index (χ1) is 8.79. The van der Waals surface area contributed by atoms with Crippen molar-refractivity contribution >= 4 is 11.3 Å². The minimum absolute atomic E-state index is 0.108. The lowest BCUT2D eigenvalue weighted by molar-refractivity contribution is 0.383. The molecule has 0 aromatic carbocycles. The molecule has 2 aromatic rings. The van der Waals surface area contributed by atoms with E-state index >= 15 is 0 Å². The summed E-state index contributed by atoms with van der Waals surface area (Å²) in [5, 5.41) is 13.7. The van der Waals surface area contributed by atoms with Crippen LogP contribution in [-0.2, 0) is 6.42 Å². The fourth-order valence-electron chi connectivity index (χ4n) is 2.43. The van der Waals surface area contributed by atoms with Crippen LogP contribution in [-0.4, -0.2) is 17.2 Å². The summed E-state index contributed by atoms with van der Waals surface area (Å²) in [6.45, 7) is 2.02. The molecule has 2 atom stereocenters. The van der Waals surface area contributed by atoms with Gasteiger partial charge in [0.1, 0.15) is 0 Å². The first kappa shape index (κ1) is 11.9. The molecule has 0 spiro atoms. The monoisotopic (exact) mass is 263 g/mol. The van der Waals surface area contributed by atoms with Gasteiger partial charge < -0.3 is 9.73 Å². The van der Waals surface area contributed by atoms with E-state index in [-0.39, 0.29) is 6.04 Å². The first-order valence-corrected chi connectivity index (χ1v) is 7.24. The average molecular weight is 263 g/mol.